The lowest BCUT2D eigenvalue weighted by atomic mass is 10.1. The third-order valence-electron chi connectivity index (χ3n) is 2.19. The van der Waals surface area contributed by atoms with Crippen molar-refractivity contribution in [1.82, 2.24) is 0 Å². The molecule has 0 unspecified atom stereocenters. The van der Waals surface area contributed by atoms with Gasteiger partial charge in [-0.25, -0.2) is 0 Å². The molecule has 0 radical (unpaired) electrons. The van der Waals surface area contributed by atoms with Crippen LogP contribution in [-0.4, -0.2) is 24.3 Å². The molecule has 0 atom stereocenters. The van der Waals surface area contributed by atoms with E-state index in [4.69, 9.17) is 0 Å². The van der Waals surface area contributed by atoms with Crippen molar-refractivity contribution in [2.24, 2.45) is 0 Å². The highest BCUT2D eigenvalue weighted by molar-refractivity contribution is 5.55. The first-order valence-electron chi connectivity index (χ1n) is 5.49. The van der Waals surface area contributed by atoms with Crippen molar-refractivity contribution in [3.05, 3.63) is 33.9 Å². The highest BCUT2D eigenvalue weighted by Crippen LogP contribution is 2.24. The lowest BCUT2D eigenvalue weighted by Gasteiger charge is -2.12. The van der Waals surface area contributed by atoms with Crippen molar-refractivity contribution < 1.29 is 22.8 Å². The molecule has 1 N–H and O–H groups in total. The first-order chi connectivity index (χ1) is 8.83. The molecule has 0 spiro atoms. The van der Waals surface area contributed by atoms with Crippen molar-refractivity contribution in [3.8, 4) is 0 Å². The Morgan fingerprint density at radius 1 is 1.42 bits per heavy atom. The number of nitrogens with zero attached hydrogens (tertiary/aromatic N) is 1. The molecule has 0 aliphatic heterocycles. The number of nitro groups is 1. The van der Waals surface area contributed by atoms with Gasteiger partial charge in [0.05, 0.1) is 11.5 Å². The third kappa shape index (κ3) is 5.12. The Balaban J connectivity index is 2.82. The molecule has 8 heteroatoms. The normalized spacial score (nSPS) is 11.4. The molecular weight excluding hydrogens is 265 g/mol. The van der Waals surface area contributed by atoms with E-state index < -0.39 is 17.7 Å². The molecule has 0 aromatic heterocycles. The van der Waals surface area contributed by atoms with Gasteiger partial charge in [0, 0.05) is 29.9 Å². The number of alkyl halides is 3. The summed E-state index contributed by atoms with van der Waals surface area (Å²) in [6, 6.07) is 3.94. The van der Waals surface area contributed by atoms with Gasteiger partial charge in [-0.2, -0.15) is 13.2 Å². The van der Waals surface area contributed by atoms with Gasteiger partial charge in [-0.15, -0.1) is 0 Å². The number of non-ortho nitro benzene ring substituents is 1. The number of benzene rings is 1. The van der Waals surface area contributed by atoms with E-state index in [1.165, 1.54) is 18.2 Å². The van der Waals surface area contributed by atoms with Gasteiger partial charge in [0.2, 0.25) is 0 Å². The average Bonchev–Trinajstić information content (AvgIpc) is 2.29. The minimum Gasteiger partial charge on any atom is -0.385 e. The maximum Gasteiger partial charge on any atom is 0.411 e. The Hall–Kier alpha value is -1.83. The Morgan fingerprint density at radius 2 is 2.11 bits per heavy atom. The first kappa shape index (κ1) is 15.2. The van der Waals surface area contributed by atoms with E-state index in [2.05, 4.69) is 10.1 Å². The van der Waals surface area contributed by atoms with Crippen LogP contribution in [0.25, 0.3) is 0 Å². The van der Waals surface area contributed by atoms with Crippen LogP contribution in [0.2, 0.25) is 0 Å². The summed E-state index contributed by atoms with van der Waals surface area (Å²) in [6.45, 7) is 0.622. The van der Waals surface area contributed by atoms with Crippen molar-refractivity contribution in [2.45, 2.75) is 19.7 Å². The average molecular weight is 278 g/mol. The van der Waals surface area contributed by atoms with Gasteiger partial charge < -0.3 is 10.1 Å². The SMILES string of the molecule is CCNc1ccc([N+](=O)[O-])cc1COCC(F)(F)F. The van der Waals surface area contributed by atoms with E-state index in [1.54, 1.807) is 0 Å². The third-order valence-corrected chi connectivity index (χ3v) is 2.19. The monoisotopic (exact) mass is 278 g/mol. The molecule has 0 aliphatic carbocycles. The lowest BCUT2D eigenvalue weighted by molar-refractivity contribution is -0.384. The summed E-state index contributed by atoms with van der Waals surface area (Å²) in [5.41, 5.74) is 0.655. The summed E-state index contributed by atoms with van der Waals surface area (Å²) in [5.74, 6) is 0. The van der Waals surface area contributed by atoms with Crippen LogP contribution in [0.1, 0.15) is 12.5 Å². The summed E-state index contributed by atoms with van der Waals surface area (Å²) in [6.07, 6.45) is -4.42. The zero-order valence-corrected chi connectivity index (χ0v) is 10.2. The van der Waals surface area contributed by atoms with Crippen LogP contribution in [0.4, 0.5) is 24.5 Å². The fraction of sp³-hybridized carbons (Fsp3) is 0.455. The van der Waals surface area contributed by atoms with Crippen LogP contribution < -0.4 is 5.32 Å². The number of nitro benzene ring substituents is 1. The van der Waals surface area contributed by atoms with Gasteiger partial charge in [0.25, 0.3) is 5.69 Å². The smallest absolute Gasteiger partial charge is 0.385 e. The molecule has 0 aliphatic rings. The Morgan fingerprint density at radius 3 is 2.63 bits per heavy atom. The maximum absolute atomic E-state index is 12.0. The number of halogens is 3. The van der Waals surface area contributed by atoms with E-state index >= 15 is 0 Å². The largest absolute Gasteiger partial charge is 0.411 e. The second-order valence-electron chi connectivity index (χ2n) is 3.74. The van der Waals surface area contributed by atoms with Crippen molar-refractivity contribution in [3.63, 3.8) is 0 Å². The molecule has 1 rings (SSSR count). The molecule has 5 nitrogen and oxygen atoms in total. The van der Waals surface area contributed by atoms with Gasteiger partial charge >= 0.3 is 6.18 Å². The van der Waals surface area contributed by atoms with E-state index in [9.17, 15) is 23.3 Å². The number of hydrogen-bond acceptors (Lipinski definition) is 4. The number of hydrogen-bond donors (Lipinski definition) is 1. The molecular formula is C11H13F3N2O3. The van der Waals surface area contributed by atoms with Gasteiger partial charge in [-0.3, -0.25) is 10.1 Å². The minimum atomic E-state index is -4.42. The number of ether oxygens (including phenoxy) is 1. The quantitative estimate of drug-likeness (QED) is 0.641. The highest BCUT2D eigenvalue weighted by Gasteiger charge is 2.27. The standard InChI is InChI=1S/C11H13F3N2O3/c1-2-15-10-4-3-9(16(17)18)5-8(10)6-19-7-11(12,13)14/h3-5,15H,2,6-7H2,1H3. The van der Waals surface area contributed by atoms with Crippen LogP contribution in [0, 0.1) is 10.1 Å². The molecule has 19 heavy (non-hydrogen) atoms. The summed E-state index contributed by atoms with van der Waals surface area (Å²) in [5, 5.41) is 13.5. The predicted molar refractivity (Wildman–Crippen MR) is 63.0 cm³/mol. The summed E-state index contributed by atoms with van der Waals surface area (Å²) >= 11 is 0. The van der Waals surface area contributed by atoms with Crippen LogP contribution in [-0.2, 0) is 11.3 Å². The second kappa shape index (κ2) is 6.37. The van der Waals surface area contributed by atoms with Crippen molar-refractivity contribution in [2.75, 3.05) is 18.5 Å². The number of anilines is 1. The molecule has 0 fully saturated rings. The van der Waals surface area contributed by atoms with E-state index in [0.717, 1.165) is 0 Å². The van der Waals surface area contributed by atoms with Gasteiger partial charge in [-0.05, 0) is 13.0 Å². The van der Waals surface area contributed by atoms with Gasteiger partial charge in [0.15, 0.2) is 0 Å². The summed E-state index contributed by atoms with van der Waals surface area (Å²) < 4.78 is 40.4. The first-order valence-corrected chi connectivity index (χ1v) is 5.49. The van der Waals surface area contributed by atoms with E-state index in [-0.39, 0.29) is 12.3 Å². The lowest BCUT2D eigenvalue weighted by Crippen LogP contribution is -2.17. The van der Waals surface area contributed by atoms with Crippen LogP contribution >= 0.6 is 0 Å². The molecule has 1 aromatic carbocycles. The van der Waals surface area contributed by atoms with Gasteiger partial charge in [0.1, 0.15) is 6.61 Å². The van der Waals surface area contributed by atoms with E-state index in [0.29, 0.717) is 17.8 Å². The maximum atomic E-state index is 12.0. The molecule has 0 heterocycles. The highest BCUT2D eigenvalue weighted by atomic mass is 19.4. The van der Waals surface area contributed by atoms with Crippen molar-refractivity contribution in [1.29, 1.82) is 0 Å². The van der Waals surface area contributed by atoms with Crippen molar-refractivity contribution >= 4 is 11.4 Å². The van der Waals surface area contributed by atoms with Crippen LogP contribution in [0.3, 0.4) is 0 Å². The Bertz CT molecular complexity index is 449. The van der Waals surface area contributed by atoms with E-state index in [1.807, 2.05) is 6.92 Å². The number of nitrogens with one attached hydrogen (secondary N) is 1. The topological polar surface area (TPSA) is 64.4 Å². The fourth-order valence-electron chi connectivity index (χ4n) is 1.45. The molecule has 0 saturated carbocycles. The zero-order chi connectivity index (χ0) is 14.5. The predicted octanol–water partition coefficient (Wildman–Crippen LogP) is 3.11. The van der Waals surface area contributed by atoms with Gasteiger partial charge in [-0.1, -0.05) is 0 Å². The molecule has 0 saturated heterocycles. The fourth-order valence-corrected chi connectivity index (χ4v) is 1.45. The summed E-state index contributed by atoms with van der Waals surface area (Å²) in [4.78, 5) is 10.0. The van der Waals surface area contributed by atoms with Crippen LogP contribution in [0.5, 0.6) is 0 Å². The second-order valence-corrected chi connectivity index (χ2v) is 3.74. The molecule has 0 bridgehead atoms. The molecule has 106 valence electrons. The van der Waals surface area contributed by atoms with Crippen LogP contribution in [0.15, 0.2) is 18.2 Å². The molecule has 1 aromatic rings. The molecule has 0 amide bonds. The Kier molecular flexibility index (Phi) is 5.11. The minimum absolute atomic E-state index is 0.188. The zero-order valence-electron chi connectivity index (χ0n) is 10.2. The number of rotatable bonds is 6. The Labute approximate surface area is 107 Å². The summed E-state index contributed by atoms with van der Waals surface area (Å²) in [7, 11) is 0.